The Morgan fingerprint density at radius 3 is 2.47 bits per heavy atom. The summed E-state index contributed by atoms with van der Waals surface area (Å²) in [4.78, 5) is 0. The largest absolute Gasteiger partial charge is 0.497 e. The summed E-state index contributed by atoms with van der Waals surface area (Å²) < 4.78 is 6.22. The van der Waals surface area contributed by atoms with E-state index in [2.05, 4.69) is 40.2 Å². The van der Waals surface area contributed by atoms with Gasteiger partial charge in [0.15, 0.2) is 0 Å². The summed E-state index contributed by atoms with van der Waals surface area (Å²) in [6.07, 6.45) is 6.16. The van der Waals surface area contributed by atoms with Crippen LogP contribution in [0.3, 0.4) is 0 Å². The van der Waals surface area contributed by atoms with Crippen LogP contribution < -0.4 is 4.74 Å². The van der Waals surface area contributed by atoms with E-state index >= 15 is 0 Å². The van der Waals surface area contributed by atoms with Crippen LogP contribution in [0.2, 0.25) is 0 Å². The van der Waals surface area contributed by atoms with Crippen molar-refractivity contribution in [1.82, 2.24) is 0 Å². The van der Waals surface area contributed by atoms with Crippen molar-refractivity contribution in [2.75, 3.05) is 7.11 Å². The molecule has 2 aromatic carbocycles. The van der Waals surface area contributed by atoms with Crippen LogP contribution in [-0.4, -0.2) is 7.11 Å². The third-order valence-electron chi connectivity index (χ3n) is 2.63. The molecule has 1 nitrogen and oxygen atoms in total. The molecule has 96 valence electrons. The highest BCUT2D eigenvalue weighted by Gasteiger charge is 1.93. The molecule has 0 aliphatic rings. The molecule has 0 saturated carbocycles. The fraction of sp³-hybridized carbons (Fsp3) is 0.0588. The Kier molecular flexibility index (Phi) is 4.99. The monoisotopic (exact) mass is 314 g/mol. The molecule has 0 aromatic heterocycles. The minimum Gasteiger partial charge on any atom is -0.497 e. The number of rotatable bonds is 4. The number of hydrogen-bond donors (Lipinski definition) is 0. The molecular weight excluding hydrogens is 300 g/mol. The van der Waals surface area contributed by atoms with Crippen molar-refractivity contribution >= 4 is 28.1 Å². The van der Waals surface area contributed by atoms with E-state index in [1.165, 1.54) is 5.56 Å². The van der Waals surface area contributed by atoms with Gasteiger partial charge in [-0.25, -0.2) is 0 Å². The number of benzene rings is 2. The Labute approximate surface area is 122 Å². The molecule has 0 atom stereocenters. The summed E-state index contributed by atoms with van der Waals surface area (Å²) in [5, 5.41) is 0. The molecule has 0 radical (unpaired) electrons. The molecule has 0 aliphatic heterocycles. The van der Waals surface area contributed by atoms with Gasteiger partial charge in [0.2, 0.25) is 0 Å². The normalized spacial score (nSPS) is 11.8. The van der Waals surface area contributed by atoms with Gasteiger partial charge >= 0.3 is 0 Å². The summed E-state index contributed by atoms with van der Waals surface area (Å²) in [7, 11) is 1.67. The van der Waals surface area contributed by atoms with Gasteiger partial charge in [-0.2, -0.15) is 0 Å². The smallest absolute Gasteiger partial charge is 0.119 e. The number of methoxy groups -OCH3 is 1. The van der Waals surface area contributed by atoms with E-state index in [0.29, 0.717) is 0 Å². The summed E-state index contributed by atoms with van der Waals surface area (Å²) in [5.74, 6) is 0.862. The second kappa shape index (κ2) is 6.95. The SMILES string of the molecule is COc1cccc(/C=C(Br)/C=C/c2ccccc2)c1. The Morgan fingerprint density at radius 2 is 1.74 bits per heavy atom. The lowest BCUT2D eigenvalue weighted by Crippen LogP contribution is -1.82. The number of halogens is 1. The van der Waals surface area contributed by atoms with Crippen molar-refractivity contribution in [1.29, 1.82) is 0 Å². The zero-order valence-electron chi connectivity index (χ0n) is 10.7. The zero-order valence-corrected chi connectivity index (χ0v) is 12.3. The van der Waals surface area contributed by atoms with Gasteiger partial charge in [-0.1, -0.05) is 64.5 Å². The number of ether oxygens (including phenoxy) is 1. The maximum absolute atomic E-state index is 5.20. The van der Waals surface area contributed by atoms with E-state index in [1.54, 1.807) is 7.11 Å². The fourth-order valence-electron chi connectivity index (χ4n) is 1.68. The highest BCUT2D eigenvalue weighted by atomic mass is 79.9. The standard InChI is InChI=1S/C17H15BrO/c1-19-17-9-5-8-15(13-17)12-16(18)11-10-14-6-3-2-4-7-14/h2-13H,1H3/b11-10+,16-12-. The molecule has 0 amide bonds. The highest BCUT2D eigenvalue weighted by molar-refractivity contribution is 9.12. The maximum Gasteiger partial charge on any atom is 0.119 e. The third-order valence-corrected chi connectivity index (χ3v) is 3.13. The van der Waals surface area contributed by atoms with Crippen molar-refractivity contribution in [3.63, 3.8) is 0 Å². The highest BCUT2D eigenvalue weighted by Crippen LogP contribution is 2.19. The lowest BCUT2D eigenvalue weighted by molar-refractivity contribution is 0.414. The number of allylic oxidation sites excluding steroid dienone is 2. The van der Waals surface area contributed by atoms with Gasteiger partial charge in [0, 0.05) is 4.48 Å². The van der Waals surface area contributed by atoms with Crippen molar-refractivity contribution in [2.45, 2.75) is 0 Å². The van der Waals surface area contributed by atoms with Crippen LogP contribution in [-0.2, 0) is 0 Å². The molecule has 0 unspecified atom stereocenters. The van der Waals surface area contributed by atoms with E-state index < -0.39 is 0 Å². The minimum atomic E-state index is 0.862. The van der Waals surface area contributed by atoms with Crippen LogP contribution in [0.25, 0.3) is 12.2 Å². The molecule has 19 heavy (non-hydrogen) atoms. The van der Waals surface area contributed by atoms with Crippen LogP contribution in [0.15, 0.2) is 65.2 Å². The van der Waals surface area contributed by atoms with Gasteiger partial charge in [-0.15, -0.1) is 0 Å². The van der Waals surface area contributed by atoms with Crippen molar-refractivity contribution in [3.05, 3.63) is 76.3 Å². The maximum atomic E-state index is 5.20. The van der Waals surface area contributed by atoms with E-state index in [-0.39, 0.29) is 0 Å². The molecule has 0 heterocycles. The number of hydrogen-bond acceptors (Lipinski definition) is 1. The van der Waals surface area contributed by atoms with Crippen molar-refractivity contribution in [2.24, 2.45) is 0 Å². The Balaban J connectivity index is 2.12. The molecule has 0 saturated heterocycles. The first-order valence-electron chi connectivity index (χ1n) is 6.02. The van der Waals surface area contributed by atoms with E-state index in [9.17, 15) is 0 Å². The van der Waals surface area contributed by atoms with Crippen LogP contribution in [0.5, 0.6) is 5.75 Å². The molecule has 2 heteroatoms. The Bertz CT molecular complexity index is 585. The van der Waals surface area contributed by atoms with Crippen LogP contribution in [0.4, 0.5) is 0 Å². The summed E-state index contributed by atoms with van der Waals surface area (Å²) >= 11 is 3.55. The second-order valence-corrected chi connectivity index (χ2v) is 4.97. The molecule has 0 N–H and O–H groups in total. The average molecular weight is 315 g/mol. The van der Waals surface area contributed by atoms with Gasteiger partial charge in [0.1, 0.15) is 5.75 Å². The lowest BCUT2D eigenvalue weighted by Gasteiger charge is -2.00. The Morgan fingerprint density at radius 1 is 1.00 bits per heavy atom. The molecule has 0 spiro atoms. The van der Waals surface area contributed by atoms with Gasteiger partial charge < -0.3 is 4.74 Å². The third kappa shape index (κ3) is 4.42. The fourth-order valence-corrected chi connectivity index (χ4v) is 2.08. The van der Waals surface area contributed by atoms with Crippen LogP contribution >= 0.6 is 15.9 Å². The lowest BCUT2D eigenvalue weighted by atomic mass is 10.2. The first-order chi connectivity index (χ1) is 9.28. The minimum absolute atomic E-state index is 0.862. The van der Waals surface area contributed by atoms with Gasteiger partial charge in [-0.05, 0) is 35.4 Å². The van der Waals surface area contributed by atoms with Crippen molar-refractivity contribution < 1.29 is 4.74 Å². The van der Waals surface area contributed by atoms with Gasteiger partial charge in [0.25, 0.3) is 0 Å². The first kappa shape index (κ1) is 13.6. The first-order valence-corrected chi connectivity index (χ1v) is 6.81. The summed E-state index contributed by atoms with van der Waals surface area (Å²) in [6, 6.07) is 18.2. The predicted octanol–water partition coefficient (Wildman–Crippen LogP) is 5.14. The summed E-state index contributed by atoms with van der Waals surface area (Å²) in [5.41, 5.74) is 2.28. The quantitative estimate of drug-likeness (QED) is 0.710. The topological polar surface area (TPSA) is 9.23 Å². The van der Waals surface area contributed by atoms with Crippen molar-refractivity contribution in [3.8, 4) is 5.75 Å². The van der Waals surface area contributed by atoms with E-state index in [4.69, 9.17) is 4.74 Å². The van der Waals surface area contributed by atoms with Crippen LogP contribution in [0.1, 0.15) is 11.1 Å². The summed E-state index contributed by atoms with van der Waals surface area (Å²) in [6.45, 7) is 0. The van der Waals surface area contributed by atoms with E-state index in [1.807, 2.05) is 48.5 Å². The molecule has 2 aromatic rings. The zero-order chi connectivity index (χ0) is 13.5. The molecule has 0 fully saturated rings. The molecule has 0 bridgehead atoms. The van der Waals surface area contributed by atoms with Crippen LogP contribution in [0, 0.1) is 0 Å². The molecular formula is C17H15BrO. The van der Waals surface area contributed by atoms with E-state index in [0.717, 1.165) is 15.8 Å². The van der Waals surface area contributed by atoms with Gasteiger partial charge in [-0.3, -0.25) is 0 Å². The molecule has 0 aliphatic carbocycles. The average Bonchev–Trinajstić information content (AvgIpc) is 2.46. The Hall–Kier alpha value is -1.80. The second-order valence-electron chi connectivity index (χ2n) is 4.05. The molecule has 2 rings (SSSR count). The van der Waals surface area contributed by atoms with Gasteiger partial charge in [0.05, 0.1) is 7.11 Å². The predicted molar refractivity (Wildman–Crippen MR) is 85.4 cm³/mol.